The first-order chi connectivity index (χ1) is 7.91. The Hall–Kier alpha value is -0.0400. The van der Waals surface area contributed by atoms with Crippen LogP contribution in [0.2, 0.25) is 0 Å². The highest BCUT2D eigenvalue weighted by molar-refractivity contribution is 4.84. The second-order valence-electron chi connectivity index (χ2n) is 6.08. The van der Waals surface area contributed by atoms with E-state index in [1.54, 1.807) is 0 Å². The average molecular weight is 223 g/mol. The molecule has 1 N–H and O–H groups in total. The van der Waals surface area contributed by atoms with Crippen LogP contribution >= 0.6 is 0 Å². The summed E-state index contributed by atoms with van der Waals surface area (Å²) < 4.78 is 0. The molecule has 0 bridgehead atoms. The average Bonchev–Trinajstić information content (AvgIpc) is 2.37. The quantitative estimate of drug-likeness (QED) is 0.646. The molecule has 16 heavy (non-hydrogen) atoms. The van der Waals surface area contributed by atoms with Gasteiger partial charge in [0, 0.05) is 0 Å². The van der Waals surface area contributed by atoms with Crippen LogP contribution in [0.25, 0.3) is 0 Å². The molecule has 0 aromatic rings. The topological polar surface area (TPSA) is 12.0 Å². The van der Waals surface area contributed by atoms with Crippen LogP contribution in [-0.4, -0.2) is 13.1 Å². The zero-order chi connectivity index (χ0) is 11.1. The number of nitrogens with one attached hydrogen (secondary N) is 1. The maximum absolute atomic E-state index is 3.53. The largest absolute Gasteiger partial charge is 0.317 e. The Kier molecular flexibility index (Phi) is 5.15. The van der Waals surface area contributed by atoms with Gasteiger partial charge in [-0.05, 0) is 44.2 Å². The minimum atomic E-state index is 0.746. The summed E-state index contributed by atoms with van der Waals surface area (Å²) in [5.74, 6) is 0. The molecule has 1 aliphatic heterocycles. The highest BCUT2D eigenvalue weighted by Gasteiger charge is 2.30. The molecule has 1 saturated carbocycles. The van der Waals surface area contributed by atoms with Gasteiger partial charge >= 0.3 is 0 Å². The Morgan fingerprint density at radius 1 is 0.500 bits per heavy atom. The minimum absolute atomic E-state index is 0.746. The van der Waals surface area contributed by atoms with Crippen molar-refractivity contribution in [1.82, 2.24) is 5.32 Å². The second kappa shape index (κ2) is 6.64. The van der Waals surface area contributed by atoms with Crippen molar-refractivity contribution >= 4 is 0 Å². The van der Waals surface area contributed by atoms with Gasteiger partial charge in [-0.3, -0.25) is 0 Å². The molecular weight excluding hydrogens is 194 g/mol. The monoisotopic (exact) mass is 223 g/mol. The van der Waals surface area contributed by atoms with Crippen LogP contribution in [0.15, 0.2) is 0 Å². The van der Waals surface area contributed by atoms with Crippen LogP contribution < -0.4 is 5.32 Å². The number of rotatable bonds is 0. The number of piperidine rings is 1. The lowest BCUT2D eigenvalue weighted by Crippen LogP contribution is -2.36. The fourth-order valence-corrected chi connectivity index (χ4v) is 3.64. The fraction of sp³-hybridized carbons (Fsp3) is 1.00. The van der Waals surface area contributed by atoms with E-state index in [0.717, 1.165) is 5.41 Å². The molecule has 94 valence electrons. The smallest absolute Gasteiger partial charge is 0.00436 e. The summed E-state index contributed by atoms with van der Waals surface area (Å²) in [7, 11) is 0. The standard InChI is InChI=1S/C15H29N/c1-2-4-6-8-10-15(9-7-5-3-1)11-13-16-14-12-15/h16H,1-14H2. The summed E-state index contributed by atoms with van der Waals surface area (Å²) >= 11 is 0. The van der Waals surface area contributed by atoms with E-state index in [1.165, 1.54) is 90.1 Å². The van der Waals surface area contributed by atoms with E-state index in [0.29, 0.717) is 0 Å². The molecule has 2 rings (SSSR count). The Labute approximate surface area is 101 Å². The first-order valence-corrected chi connectivity index (χ1v) is 7.62. The van der Waals surface area contributed by atoms with Crippen LogP contribution in [-0.2, 0) is 0 Å². The molecular formula is C15H29N. The van der Waals surface area contributed by atoms with Gasteiger partial charge in [-0.2, -0.15) is 0 Å². The predicted octanol–water partition coefficient (Wildman–Crippen LogP) is 4.27. The van der Waals surface area contributed by atoms with Crippen LogP contribution in [0.3, 0.4) is 0 Å². The van der Waals surface area contributed by atoms with E-state index in [1.807, 2.05) is 0 Å². The molecule has 1 heteroatoms. The first kappa shape index (κ1) is 12.4. The third-order valence-corrected chi connectivity index (χ3v) is 4.83. The third-order valence-electron chi connectivity index (χ3n) is 4.83. The molecule has 1 saturated heterocycles. The molecule has 0 aromatic heterocycles. The fourth-order valence-electron chi connectivity index (χ4n) is 3.64. The van der Waals surface area contributed by atoms with E-state index >= 15 is 0 Å². The number of hydrogen-bond acceptors (Lipinski definition) is 1. The summed E-state index contributed by atoms with van der Waals surface area (Å²) in [5.41, 5.74) is 0.746. The van der Waals surface area contributed by atoms with Gasteiger partial charge in [-0.15, -0.1) is 0 Å². The summed E-state index contributed by atoms with van der Waals surface area (Å²) in [6, 6.07) is 0. The first-order valence-electron chi connectivity index (χ1n) is 7.62. The van der Waals surface area contributed by atoms with E-state index < -0.39 is 0 Å². The predicted molar refractivity (Wildman–Crippen MR) is 70.7 cm³/mol. The highest BCUT2D eigenvalue weighted by Crippen LogP contribution is 2.40. The third kappa shape index (κ3) is 3.76. The molecule has 0 radical (unpaired) electrons. The molecule has 0 unspecified atom stereocenters. The van der Waals surface area contributed by atoms with Gasteiger partial charge in [0.15, 0.2) is 0 Å². The zero-order valence-corrected chi connectivity index (χ0v) is 10.9. The van der Waals surface area contributed by atoms with Crippen LogP contribution in [0.1, 0.15) is 77.0 Å². The van der Waals surface area contributed by atoms with Crippen LogP contribution in [0, 0.1) is 5.41 Å². The van der Waals surface area contributed by atoms with Crippen molar-refractivity contribution < 1.29 is 0 Å². The Bertz CT molecular complexity index is 168. The van der Waals surface area contributed by atoms with Gasteiger partial charge in [0.1, 0.15) is 0 Å². The Morgan fingerprint density at radius 3 is 1.44 bits per heavy atom. The lowest BCUT2D eigenvalue weighted by Gasteiger charge is -2.38. The van der Waals surface area contributed by atoms with Crippen LogP contribution in [0.4, 0.5) is 0 Å². The molecule has 1 heterocycles. The summed E-state index contributed by atoms with van der Waals surface area (Å²) in [4.78, 5) is 0. The molecule has 1 spiro atoms. The van der Waals surface area contributed by atoms with Gasteiger partial charge in [0.05, 0.1) is 0 Å². The Morgan fingerprint density at radius 2 is 0.938 bits per heavy atom. The van der Waals surface area contributed by atoms with E-state index in [-0.39, 0.29) is 0 Å². The van der Waals surface area contributed by atoms with Crippen molar-refractivity contribution in [1.29, 1.82) is 0 Å². The SMILES string of the molecule is C1CCCCCC2(CCCC1)CCNCC2. The number of hydrogen-bond donors (Lipinski definition) is 1. The van der Waals surface area contributed by atoms with Gasteiger partial charge < -0.3 is 5.32 Å². The normalized spacial score (nSPS) is 28.5. The summed E-state index contributed by atoms with van der Waals surface area (Å²) in [6.45, 7) is 2.56. The maximum atomic E-state index is 3.53. The zero-order valence-electron chi connectivity index (χ0n) is 10.9. The lowest BCUT2D eigenvalue weighted by molar-refractivity contribution is 0.158. The maximum Gasteiger partial charge on any atom is -0.00436 e. The van der Waals surface area contributed by atoms with Crippen molar-refractivity contribution in [3.05, 3.63) is 0 Å². The van der Waals surface area contributed by atoms with Crippen molar-refractivity contribution in [2.75, 3.05) is 13.1 Å². The van der Waals surface area contributed by atoms with E-state index in [4.69, 9.17) is 0 Å². The van der Waals surface area contributed by atoms with Crippen molar-refractivity contribution in [2.45, 2.75) is 77.0 Å². The molecule has 1 aliphatic carbocycles. The van der Waals surface area contributed by atoms with Crippen molar-refractivity contribution in [3.63, 3.8) is 0 Å². The Balaban J connectivity index is 1.86. The van der Waals surface area contributed by atoms with Gasteiger partial charge in [0.25, 0.3) is 0 Å². The van der Waals surface area contributed by atoms with Crippen molar-refractivity contribution in [3.8, 4) is 0 Å². The lowest BCUT2D eigenvalue weighted by atomic mass is 9.71. The van der Waals surface area contributed by atoms with E-state index in [9.17, 15) is 0 Å². The molecule has 1 nitrogen and oxygen atoms in total. The highest BCUT2D eigenvalue weighted by atomic mass is 14.9. The second-order valence-corrected chi connectivity index (χ2v) is 6.08. The molecule has 0 amide bonds. The van der Waals surface area contributed by atoms with E-state index in [2.05, 4.69) is 5.32 Å². The molecule has 2 fully saturated rings. The summed E-state index contributed by atoms with van der Waals surface area (Å²) in [6.07, 6.45) is 17.9. The van der Waals surface area contributed by atoms with Gasteiger partial charge in [0.2, 0.25) is 0 Å². The molecule has 0 atom stereocenters. The summed E-state index contributed by atoms with van der Waals surface area (Å²) in [5, 5.41) is 3.53. The minimum Gasteiger partial charge on any atom is -0.317 e. The van der Waals surface area contributed by atoms with Crippen molar-refractivity contribution in [2.24, 2.45) is 5.41 Å². The van der Waals surface area contributed by atoms with Gasteiger partial charge in [-0.1, -0.05) is 51.4 Å². The molecule has 2 aliphatic rings. The molecule has 0 aromatic carbocycles. The van der Waals surface area contributed by atoms with Gasteiger partial charge in [-0.25, -0.2) is 0 Å². The van der Waals surface area contributed by atoms with Crippen LogP contribution in [0.5, 0.6) is 0 Å².